The van der Waals surface area contributed by atoms with Crippen molar-refractivity contribution in [2.45, 2.75) is 20.0 Å². The van der Waals surface area contributed by atoms with Crippen molar-refractivity contribution < 1.29 is 18.7 Å². The standard InChI is InChI=1S/C17H17FN6O3S2/c1-10-14(20-6-5-19-10)27-17(26)24(2)8-11-9-28-16(22-11)23-15(25)21-7-12-3-4-13(18)29-12/h3-6,9H,7-8H2,1-2H3,(H2,21,22,23,25). The van der Waals surface area contributed by atoms with Crippen molar-refractivity contribution in [2.24, 2.45) is 0 Å². The van der Waals surface area contributed by atoms with Crippen LogP contribution in [0.25, 0.3) is 0 Å². The Bertz CT molecular complexity index is 1010. The van der Waals surface area contributed by atoms with Crippen LogP contribution in [0.2, 0.25) is 0 Å². The number of carbonyl (C=O) groups is 2. The Labute approximate surface area is 173 Å². The largest absolute Gasteiger partial charge is 0.416 e. The number of nitrogens with one attached hydrogen (secondary N) is 2. The minimum Gasteiger partial charge on any atom is -0.389 e. The number of thiazole rings is 1. The fourth-order valence-corrected chi connectivity index (χ4v) is 3.52. The minimum absolute atomic E-state index is 0.146. The molecule has 0 saturated heterocycles. The highest BCUT2D eigenvalue weighted by Gasteiger charge is 2.16. The SMILES string of the molecule is Cc1nccnc1OC(=O)N(C)Cc1csc(NC(=O)NCc2ccc(F)s2)n1. The molecule has 0 saturated carbocycles. The van der Waals surface area contributed by atoms with Gasteiger partial charge in [0.05, 0.1) is 24.5 Å². The van der Waals surface area contributed by atoms with Gasteiger partial charge in [-0.05, 0) is 19.1 Å². The summed E-state index contributed by atoms with van der Waals surface area (Å²) in [5.41, 5.74) is 1.09. The summed E-state index contributed by atoms with van der Waals surface area (Å²) in [6.45, 7) is 2.09. The quantitative estimate of drug-likeness (QED) is 0.613. The third-order valence-electron chi connectivity index (χ3n) is 3.56. The Balaban J connectivity index is 1.48. The summed E-state index contributed by atoms with van der Waals surface area (Å²) in [7, 11) is 1.56. The molecule has 0 atom stereocenters. The van der Waals surface area contributed by atoms with Crippen molar-refractivity contribution >= 4 is 39.9 Å². The number of carbonyl (C=O) groups excluding carboxylic acids is 2. The Morgan fingerprint density at radius 3 is 2.79 bits per heavy atom. The molecular weight excluding hydrogens is 419 g/mol. The molecule has 0 fully saturated rings. The van der Waals surface area contributed by atoms with Crippen LogP contribution in [-0.4, -0.2) is 39.0 Å². The maximum atomic E-state index is 12.9. The summed E-state index contributed by atoms with van der Waals surface area (Å²) in [4.78, 5) is 38.4. The molecule has 0 spiro atoms. The van der Waals surface area contributed by atoms with Crippen LogP contribution in [0.4, 0.5) is 19.1 Å². The van der Waals surface area contributed by atoms with Crippen LogP contribution in [0.5, 0.6) is 5.88 Å². The van der Waals surface area contributed by atoms with Crippen molar-refractivity contribution in [3.63, 3.8) is 0 Å². The molecular formula is C17H17FN6O3S2. The zero-order valence-electron chi connectivity index (χ0n) is 15.5. The molecule has 0 aliphatic rings. The molecule has 3 aromatic heterocycles. The fourth-order valence-electron chi connectivity index (χ4n) is 2.16. The van der Waals surface area contributed by atoms with Gasteiger partial charge in [0, 0.05) is 29.7 Å². The second-order valence-electron chi connectivity index (χ2n) is 5.83. The lowest BCUT2D eigenvalue weighted by Gasteiger charge is -2.15. The van der Waals surface area contributed by atoms with E-state index in [0.717, 1.165) is 11.3 Å². The highest BCUT2D eigenvalue weighted by molar-refractivity contribution is 7.14. The number of nitrogens with zero attached hydrogens (tertiary/aromatic N) is 4. The molecule has 152 valence electrons. The summed E-state index contributed by atoms with van der Waals surface area (Å²) >= 11 is 2.19. The topological polar surface area (TPSA) is 109 Å². The molecule has 0 radical (unpaired) electrons. The average Bonchev–Trinajstić information content (AvgIpc) is 3.30. The van der Waals surface area contributed by atoms with Gasteiger partial charge >= 0.3 is 12.1 Å². The van der Waals surface area contributed by atoms with E-state index in [1.807, 2.05) is 0 Å². The highest BCUT2D eigenvalue weighted by atomic mass is 32.1. The molecule has 3 amide bonds. The van der Waals surface area contributed by atoms with Gasteiger partial charge in [-0.2, -0.15) is 4.39 Å². The number of urea groups is 1. The van der Waals surface area contributed by atoms with Gasteiger partial charge in [0.1, 0.15) is 0 Å². The van der Waals surface area contributed by atoms with Gasteiger partial charge in [-0.3, -0.25) is 10.3 Å². The van der Waals surface area contributed by atoms with E-state index in [0.29, 0.717) is 21.4 Å². The summed E-state index contributed by atoms with van der Waals surface area (Å²) in [6.07, 6.45) is 2.35. The zero-order valence-corrected chi connectivity index (χ0v) is 17.1. The molecule has 0 aliphatic heterocycles. The van der Waals surface area contributed by atoms with Gasteiger partial charge in [0.15, 0.2) is 10.3 Å². The second kappa shape index (κ2) is 9.39. The monoisotopic (exact) mass is 436 g/mol. The van der Waals surface area contributed by atoms with E-state index in [4.69, 9.17) is 4.74 Å². The van der Waals surface area contributed by atoms with E-state index in [1.165, 1.54) is 34.7 Å². The van der Waals surface area contributed by atoms with Gasteiger partial charge in [-0.25, -0.2) is 19.6 Å². The van der Waals surface area contributed by atoms with Crippen molar-refractivity contribution in [1.29, 1.82) is 0 Å². The van der Waals surface area contributed by atoms with Crippen LogP contribution in [0.3, 0.4) is 0 Å². The Morgan fingerprint density at radius 1 is 1.28 bits per heavy atom. The lowest BCUT2D eigenvalue weighted by atomic mass is 10.4. The summed E-state index contributed by atoms with van der Waals surface area (Å²) in [6, 6.07) is 2.50. The lowest BCUT2D eigenvalue weighted by molar-refractivity contribution is 0.158. The molecule has 12 heteroatoms. The molecule has 0 bridgehead atoms. The first kappa shape index (κ1) is 20.6. The van der Waals surface area contributed by atoms with Gasteiger partial charge in [0.2, 0.25) is 5.88 Å². The van der Waals surface area contributed by atoms with E-state index in [2.05, 4.69) is 25.6 Å². The number of halogens is 1. The van der Waals surface area contributed by atoms with Crippen LogP contribution >= 0.6 is 22.7 Å². The molecule has 3 aromatic rings. The molecule has 3 heterocycles. The van der Waals surface area contributed by atoms with Crippen LogP contribution in [0.1, 0.15) is 16.3 Å². The third-order valence-corrected chi connectivity index (χ3v) is 5.24. The summed E-state index contributed by atoms with van der Waals surface area (Å²) in [5, 5.41) is 7.03. The third kappa shape index (κ3) is 5.93. The molecule has 29 heavy (non-hydrogen) atoms. The number of anilines is 1. The Kier molecular flexibility index (Phi) is 6.67. The molecule has 0 aromatic carbocycles. The molecule has 3 rings (SSSR count). The molecule has 0 aliphatic carbocycles. The fraction of sp³-hybridized carbons (Fsp3) is 0.235. The molecule has 0 unspecified atom stereocenters. The predicted octanol–water partition coefficient (Wildman–Crippen LogP) is 3.39. The smallest absolute Gasteiger partial charge is 0.389 e. The van der Waals surface area contributed by atoms with Gasteiger partial charge in [-0.15, -0.1) is 22.7 Å². The van der Waals surface area contributed by atoms with Gasteiger partial charge in [-0.1, -0.05) is 0 Å². The molecule has 2 N–H and O–H groups in total. The number of amides is 3. The van der Waals surface area contributed by atoms with Crippen molar-refractivity contribution in [3.8, 4) is 5.88 Å². The van der Waals surface area contributed by atoms with Crippen LogP contribution in [0.15, 0.2) is 29.9 Å². The van der Waals surface area contributed by atoms with E-state index in [1.54, 1.807) is 25.4 Å². The van der Waals surface area contributed by atoms with Crippen molar-refractivity contribution in [1.82, 2.24) is 25.2 Å². The maximum Gasteiger partial charge on any atom is 0.416 e. The number of aryl methyl sites for hydroxylation is 1. The maximum absolute atomic E-state index is 12.9. The number of thiophene rings is 1. The number of aromatic nitrogens is 3. The first-order valence-corrected chi connectivity index (χ1v) is 10.0. The first-order chi connectivity index (χ1) is 13.9. The number of rotatable bonds is 6. The summed E-state index contributed by atoms with van der Waals surface area (Å²) < 4.78 is 18.2. The Morgan fingerprint density at radius 2 is 2.07 bits per heavy atom. The van der Waals surface area contributed by atoms with Crippen LogP contribution in [0, 0.1) is 12.1 Å². The highest BCUT2D eigenvalue weighted by Crippen LogP contribution is 2.18. The van der Waals surface area contributed by atoms with Crippen molar-refractivity contribution in [2.75, 3.05) is 12.4 Å². The Hall–Kier alpha value is -3.12. The average molecular weight is 436 g/mol. The number of hydrogen-bond acceptors (Lipinski definition) is 8. The van der Waals surface area contributed by atoms with E-state index in [-0.39, 0.29) is 24.1 Å². The van der Waals surface area contributed by atoms with Gasteiger partial charge in [0.25, 0.3) is 0 Å². The van der Waals surface area contributed by atoms with E-state index >= 15 is 0 Å². The number of ether oxygens (including phenoxy) is 1. The van der Waals surface area contributed by atoms with E-state index < -0.39 is 12.1 Å². The predicted molar refractivity (Wildman–Crippen MR) is 107 cm³/mol. The van der Waals surface area contributed by atoms with E-state index in [9.17, 15) is 14.0 Å². The van der Waals surface area contributed by atoms with Crippen LogP contribution < -0.4 is 15.4 Å². The molecule has 9 nitrogen and oxygen atoms in total. The van der Waals surface area contributed by atoms with Gasteiger partial charge < -0.3 is 15.0 Å². The van der Waals surface area contributed by atoms with Crippen LogP contribution in [-0.2, 0) is 13.1 Å². The summed E-state index contributed by atoms with van der Waals surface area (Å²) in [5.74, 6) is 0.146. The first-order valence-electron chi connectivity index (χ1n) is 8.34. The van der Waals surface area contributed by atoms with Crippen molar-refractivity contribution in [3.05, 3.63) is 51.3 Å². The lowest BCUT2D eigenvalue weighted by Crippen LogP contribution is -2.30. The minimum atomic E-state index is -0.600. The normalized spacial score (nSPS) is 10.4. The zero-order chi connectivity index (χ0) is 20.8. The number of hydrogen-bond donors (Lipinski definition) is 2. The second-order valence-corrected chi connectivity index (χ2v) is 7.81.